The van der Waals surface area contributed by atoms with Crippen LogP contribution < -0.4 is 0 Å². The van der Waals surface area contributed by atoms with Crippen LogP contribution in [-0.2, 0) is 0 Å². The summed E-state index contributed by atoms with van der Waals surface area (Å²) in [6.07, 6.45) is 6.26. The van der Waals surface area contributed by atoms with E-state index < -0.39 is 0 Å². The van der Waals surface area contributed by atoms with Gasteiger partial charge in [-0.3, -0.25) is 0 Å². The van der Waals surface area contributed by atoms with Gasteiger partial charge in [-0.2, -0.15) is 0 Å². The Morgan fingerprint density at radius 2 is 1.60 bits per heavy atom. The van der Waals surface area contributed by atoms with Crippen LogP contribution in [0.5, 0.6) is 0 Å². The van der Waals surface area contributed by atoms with Crippen LogP contribution in [0.1, 0.15) is 27.7 Å². The summed E-state index contributed by atoms with van der Waals surface area (Å²) in [7, 11) is 0. The molecule has 10 heavy (non-hydrogen) atoms. The zero-order valence-electron chi connectivity index (χ0n) is 7.42. The lowest BCUT2D eigenvalue weighted by Crippen LogP contribution is -1.67. The molecule has 1 heterocycles. The van der Waals surface area contributed by atoms with E-state index in [4.69, 9.17) is 0 Å². The maximum Gasteiger partial charge on any atom is 0.0157 e. The van der Waals surface area contributed by atoms with Crippen LogP contribution in [0.2, 0.25) is 0 Å². The Morgan fingerprint density at radius 3 is 1.70 bits per heavy atom. The minimum Gasteiger partial charge on any atom is -0.130 e. The van der Waals surface area contributed by atoms with Gasteiger partial charge in [-0.25, -0.2) is 0 Å². The average molecular weight is 158 g/mol. The highest BCUT2D eigenvalue weighted by Crippen LogP contribution is 2.05. The van der Waals surface area contributed by atoms with Crippen LogP contribution in [0.25, 0.3) is 0 Å². The van der Waals surface area contributed by atoms with Crippen molar-refractivity contribution < 1.29 is 0 Å². The molecule has 0 fully saturated rings. The van der Waals surface area contributed by atoms with E-state index >= 15 is 0 Å². The molecular formula is C9H18S. The van der Waals surface area contributed by atoms with E-state index in [9.17, 15) is 0 Å². The summed E-state index contributed by atoms with van der Waals surface area (Å²) >= 11 is 1.83. The Balaban J connectivity index is 0. The van der Waals surface area contributed by atoms with E-state index in [1.54, 1.807) is 0 Å². The fourth-order valence-electron chi connectivity index (χ4n) is 0.346. The molecule has 0 radical (unpaired) electrons. The molecule has 60 valence electrons. The largest absolute Gasteiger partial charge is 0.130 e. The Hall–Kier alpha value is -0.170. The molecule has 0 amide bonds. The van der Waals surface area contributed by atoms with Gasteiger partial charge < -0.3 is 0 Å². The summed E-state index contributed by atoms with van der Waals surface area (Å²) in [5, 5.41) is 2.10. The zero-order chi connectivity index (χ0) is 8.24. The summed E-state index contributed by atoms with van der Waals surface area (Å²) in [4.78, 5) is 0. The van der Waals surface area contributed by atoms with Crippen LogP contribution >= 0.6 is 11.8 Å². The van der Waals surface area contributed by atoms with E-state index in [0.29, 0.717) is 0 Å². The summed E-state index contributed by atoms with van der Waals surface area (Å²) in [6.45, 7) is 8.00. The highest BCUT2D eigenvalue weighted by Gasteiger charge is 1.77. The van der Waals surface area contributed by atoms with Gasteiger partial charge >= 0.3 is 0 Å². The van der Waals surface area contributed by atoms with E-state index in [2.05, 4.69) is 17.6 Å². The van der Waals surface area contributed by atoms with Crippen molar-refractivity contribution in [2.75, 3.05) is 5.75 Å². The first-order valence-electron chi connectivity index (χ1n) is 3.93. The van der Waals surface area contributed by atoms with Gasteiger partial charge in [0.1, 0.15) is 0 Å². The number of hydrogen-bond acceptors (Lipinski definition) is 1. The third kappa shape index (κ3) is 10.7. The van der Waals surface area contributed by atoms with Gasteiger partial charge in [0.2, 0.25) is 0 Å². The molecule has 0 aromatic rings. The normalized spacial score (nSPS) is 12.4. The van der Waals surface area contributed by atoms with Gasteiger partial charge in [-0.1, -0.05) is 45.9 Å². The van der Waals surface area contributed by atoms with Crippen molar-refractivity contribution in [2.45, 2.75) is 27.7 Å². The minimum absolute atomic E-state index is 1.15. The third-order valence-corrected chi connectivity index (χ3v) is 1.35. The smallest absolute Gasteiger partial charge is 0.0157 e. The number of thioether (sulfide) groups is 1. The second-order valence-electron chi connectivity index (χ2n) is 1.09. The molecule has 0 aromatic carbocycles. The van der Waals surface area contributed by atoms with Crippen LogP contribution in [-0.4, -0.2) is 5.75 Å². The second-order valence-corrected chi connectivity index (χ2v) is 2.03. The number of allylic oxidation sites excluding steroid dienone is 2. The summed E-state index contributed by atoms with van der Waals surface area (Å²) < 4.78 is 0. The molecule has 1 aliphatic rings. The van der Waals surface area contributed by atoms with Crippen molar-refractivity contribution in [1.29, 1.82) is 0 Å². The molecular weight excluding hydrogens is 140 g/mol. The monoisotopic (exact) mass is 158 g/mol. The quantitative estimate of drug-likeness (QED) is 0.516. The number of hydrogen-bond donors (Lipinski definition) is 0. The van der Waals surface area contributed by atoms with Crippen molar-refractivity contribution in [3.63, 3.8) is 0 Å². The molecule has 0 bridgehead atoms. The standard InChI is InChI=1S/C5H6S.2C2H6/c1-2-4-6-5-3-1;2*1-2/h1-4H,5H2;2*1-2H3. The van der Waals surface area contributed by atoms with Crippen LogP contribution in [0, 0.1) is 0 Å². The van der Waals surface area contributed by atoms with E-state index in [1.807, 2.05) is 45.5 Å². The van der Waals surface area contributed by atoms with Gasteiger partial charge in [0.15, 0.2) is 0 Å². The van der Waals surface area contributed by atoms with E-state index in [-0.39, 0.29) is 0 Å². The molecule has 0 atom stereocenters. The lowest BCUT2D eigenvalue weighted by Gasteiger charge is -1.88. The molecule has 0 N–H and O–H groups in total. The highest BCUT2D eigenvalue weighted by atomic mass is 32.2. The first kappa shape index (κ1) is 12.5. The Labute approximate surface area is 69.4 Å². The Kier molecular flexibility index (Phi) is 19.9. The van der Waals surface area contributed by atoms with E-state index in [0.717, 1.165) is 5.75 Å². The van der Waals surface area contributed by atoms with Gasteiger partial charge in [-0.05, 0) is 5.41 Å². The van der Waals surface area contributed by atoms with Crippen LogP contribution in [0.4, 0.5) is 0 Å². The van der Waals surface area contributed by atoms with Gasteiger partial charge in [0.25, 0.3) is 0 Å². The summed E-state index contributed by atoms with van der Waals surface area (Å²) in [5.41, 5.74) is 0. The number of rotatable bonds is 0. The first-order chi connectivity index (χ1) is 5.00. The van der Waals surface area contributed by atoms with Gasteiger partial charge in [-0.15, -0.1) is 11.8 Å². The fraction of sp³-hybridized carbons (Fsp3) is 0.556. The van der Waals surface area contributed by atoms with Crippen molar-refractivity contribution >= 4 is 11.8 Å². The van der Waals surface area contributed by atoms with Crippen molar-refractivity contribution in [1.82, 2.24) is 0 Å². The molecule has 0 nitrogen and oxygen atoms in total. The molecule has 1 aliphatic heterocycles. The topological polar surface area (TPSA) is 0 Å². The molecule has 1 heteroatoms. The highest BCUT2D eigenvalue weighted by molar-refractivity contribution is 8.02. The van der Waals surface area contributed by atoms with Crippen LogP contribution in [0.15, 0.2) is 23.6 Å². The predicted octanol–water partition coefficient (Wildman–Crippen LogP) is 3.86. The van der Waals surface area contributed by atoms with Crippen LogP contribution in [0.3, 0.4) is 0 Å². The molecule has 0 saturated carbocycles. The predicted molar refractivity (Wildman–Crippen MR) is 53.4 cm³/mol. The minimum atomic E-state index is 1.15. The Morgan fingerprint density at radius 1 is 1.00 bits per heavy atom. The maximum absolute atomic E-state index is 2.14. The molecule has 0 aromatic heterocycles. The SMILES string of the molecule is C1=CCSC=C1.CC.CC. The molecule has 0 saturated heterocycles. The average Bonchev–Trinajstić information content (AvgIpc) is 2.14. The molecule has 1 rings (SSSR count). The zero-order valence-corrected chi connectivity index (χ0v) is 8.24. The van der Waals surface area contributed by atoms with Gasteiger partial charge in [0, 0.05) is 5.75 Å². The molecule has 0 aliphatic carbocycles. The summed E-state index contributed by atoms with van der Waals surface area (Å²) in [6, 6.07) is 0. The second kappa shape index (κ2) is 15.9. The van der Waals surface area contributed by atoms with Crippen molar-refractivity contribution in [2.24, 2.45) is 0 Å². The maximum atomic E-state index is 2.14. The first-order valence-corrected chi connectivity index (χ1v) is 4.98. The lowest BCUT2D eigenvalue weighted by atomic mass is 10.5. The molecule has 0 spiro atoms. The third-order valence-electron chi connectivity index (χ3n) is 0.614. The van der Waals surface area contributed by atoms with Gasteiger partial charge in [0.05, 0.1) is 0 Å². The Bertz CT molecular complexity index is 70.7. The molecule has 0 unspecified atom stereocenters. The lowest BCUT2D eigenvalue weighted by molar-refractivity contribution is 1.50. The summed E-state index contributed by atoms with van der Waals surface area (Å²) in [5.74, 6) is 1.15. The van der Waals surface area contributed by atoms with Crippen molar-refractivity contribution in [3.8, 4) is 0 Å². The van der Waals surface area contributed by atoms with E-state index in [1.165, 1.54) is 0 Å². The van der Waals surface area contributed by atoms with Crippen molar-refractivity contribution in [3.05, 3.63) is 23.6 Å². The fourth-order valence-corrected chi connectivity index (χ4v) is 0.881.